The molecule has 0 saturated carbocycles. The van der Waals surface area contributed by atoms with Gasteiger partial charge in [0.05, 0.1) is 5.92 Å². The van der Waals surface area contributed by atoms with Crippen LogP contribution in [0.4, 0.5) is 0 Å². The maximum atomic E-state index is 11.9. The minimum absolute atomic E-state index is 0.372. The van der Waals surface area contributed by atoms with Gasteiger partial charge >= 0.3 is 17.6 Å². The largest absolute Gasteiger partial charge is 0.485 e. The normalized spacial score (nSPS) is 19.1. The van der Waals surface area contributed by atoms with Crippen molar-refractivity contribution in [2.45, 2.75) is 64.8 Å². The van der Waals surface area contributed by atoms with Crippen LogP contribution in [-0.4, -0.2) is 29.2 Å². The van der Waals surface area contributed by atoms with Crippen molar-refractivity contribution in [2.75, 3.05) is 0 Å². The van der Waals surface area contributed by atoms with Crippen molar-refractivity contribution in [3.8, 4) is 5.75 Å². The van der Waals surface area contributed by atoms with Crippen LogP contribution in [0, 0.1) is 0 Å². The number of fused-ring (bicyclic) bond motifs is 3. The lowest BCUT2D eigenvalue weighted by Gasteiger charge is -2.40. The van der Waals surface area contributed by atoms with Crippen LogP contribution in [-0.2, 0) is 19.1 Å². The van der Waals surface area contributed by atoms with Crippen LogP contribution >= 0.6 is 0 Å². The van der Waals surface area contributed by atoms with Crippen LogP contribution in [0.1, 0.15) is 53.0 Å². The first-order chi connectivity index (χ1) is 12.9. The number of carbonyl (C=O) groups is 2. The fourth-order valence-electron chi connectivity index (χ4n) is 4.01. The van der Waals surface area contributed by atoms with Crippen LogP contribution in [0.25, 0.3) is 11.0 Å². The van der Waals surface area contributed by atoms with Gasteiger partial charge in [0.15, 0.2) is 0 Å². The van der Waals surface area contributed by atoms with Gasteiger partial charge in [0, 0.05) is 30.9 Å². The molecule has 7 heteroatoms. The van der Waals surface area contributed by atoms with Gasteiger partial charge in [0.1, 0.15) is 28.6 Å². The summed E-state index contributed by atoms with van der Waals surface area (Å²) in [5.41, 5.74) is -1.56. The van der Waals surface area contributed by atoms with Gasteiger partial charge in [0.25, 0.3) is 0 Å². The SMILES string of the molecule is CC(=O)OC(C)(C)[C@@H]1c2c(ccc3ccc(=O)oc23)O[C@@H]1C(C)(C)OC(C)=O. The molecule has 0 N–H and O–H groups in total. The molecule has 0 bridgehead atoms. The predicted molar refractivity (Wildman–Crippen MR) is 101 cm³/mol. The van der Waals surface area contributed by atoms with Gasteiger partial charge in [-0.3, -0.25) is 9.59 Å². The number of rotatable bonds is 4. The van der Waals surface area contributed by atoms with E-state index in [0.717, 1.165) is 5.39 Å². The summed E-state index contributed by atoms with van der Waals surface area (Å²) in [5, 5.41) is 0.719. The second-order valence-electron chi connectivity index (χ2n) is 8.06. The number of benzene rings is 1. The zero-order valence-corrected chi connectivity index (χ0v) is 16.8. The molecule has 2 atom stereocenters. The Hall–Kier alpha value is -2.83. The molecule has 0 amide bonds. The average molecular weight is 388 g/mol. The molecule has 150 valence electrons. The quantitative estimate of drug-likeness (QED) is 0.586. The Morgan fingerprint density at radius 2 is 1.50 bits per heavy atom. The highest BCUT2D eigenvalue weighted by molar-refractivity contribution is 5.84. The summed E-state index contributed by atoms with van der Waals surface area (Å²) in [6.45, 7) is 9.64. The van der Waals surface area contributed by atoms with E-state index in [1.54, 1.807) is 45.9 Å². The minimum atomic E-state index is -1.03. The second kappa shape index (κ2) is 6.65. The molecule has 1 aromatic heterocycles. The van der Waals surface area contributed by atoms with Crippen LogP contribution < -0.4 is 10.4 Å². The Kier molecular flexibility index (Phi) is 4.73. The third kappa shape index (κ3) is 3.48. The number of hydrogen-bond donors (Lipinski definition) is 0. The Balaban J connectivity index is 2.25. The van der Waals surface area contributed by atoms with E-state index >= 15 is 0 Å². The highest BCUT2D eigenvalue weighted by Gasteiger charge is 2.54. The summed E-state index contributed by atoms with van der Waals surface area (Å²) in [4.78, 5) is 35.3. The summed E-state index contributed by atoms with van der Waals surface area (Å²) in [5.74, 6) is -0.957. The van der Waals surface area contributed by atoms with E-state index < -0.39 is 40.8 Å². The van der Waals surface area contributed by atoms with Gasteiger partial charge in [-0.25, -0.2) is 4.79 Å². The van der Waals surface area contributed by atoms with Gasteiger partial charge in [-0.05, 0) is 45.9 Å². The highest BCUT2D eigenvalue weighted by Crippen LogP contribution is 2.51. The average Bonchev–Trinajstić information content (AvgIpc) is 2.94. The molecule has 0 aliphatic carbocycles. The lowest BCUT2D eigenvalue weighted by atomic mass is 9.76. The van der Waals surface area contributed by atoms with E-state index in [-0.39, 0.29) is 0 Å². The number of hydrogen-bond acceptors (Lipinski definition) is 7. The second-order valence-corrected chi connectivity index (χ2v) is 8.06. The van der Waals surface area contributed by atoms with Crippen LogP contribution in [0.3, 0.4) is 0 Å². The number of esters is 2. The highest BCUT2D eigenvalue weighted by atomic mass is 16.6. The first-order valence-corrected chi connectivity index (χ1v) is 9.05. The molecule has 0 spiro atoms. The van der Waals surface area contributed by atoms with E-state index in [9.17, 15) is 14.4 Å². The third-order valence-corrected chi connectivity index (χ3v) is 4.90. The molecular formula is C21H24O7. The molecular weight excluding hydrogens is 364 g/mol. The molecule has 28 heavy (non-hydrogen) atoms. The molecule has 1 aliphatic rings. The van der Waals surface area contributed by atoms with Crippen molar-refractivity contribution >= 4 is 22.9 Å². The van der Waals surface area contributed by atoms with Gasteiger partial charge in [0.2, 0.25) is 0 Å². The Labute approximate surface area is 162 Å². The first kappa shape index (κ1) is 19.9. The van der Waals surface area contributed by atoms with Gasteiger partial charge in [-0.1, -0.05) is 0 Å². The summed E-state index contributed by atoms with van der Waals surface area (Å²) in [7, 11) is 0. The van der Waals surface area contributed by atoms with Crippen molar-refractivity contribution in [1.29, 1.82) is 0 Å². The predicted octanol–water partition coefficient (Wildman–Crippen LogP) is 3.32. The monoisotopic (exact) mass is 388 g/mol. The standard InChI is InChI=1S/C21H24O7/c1-11(22)27-20(3,4)17-16-14(25-19(17)21(5,6)28-12(2)23)9-7-13-8-10-15(24)26-18(13)16/h7-10,17,19H,1-6H3/t17-,19+/m1/s1. The molecule has 0 fully saturated rings. The summed E-state index contributed by atoms with van der Waals surface area (Å²) >= 11 is 0. The topological polar surface area (TPSA) is 92.0 Å². The lowest BCUT2D eigenvalue weighted by molar-refractivity contribution is -0.173. The van der Waals surface area contributed by atoms with E-state index in [4.69, 9.17) is 18.6 Å². The Morgan fingerprint density at radius 1 is 0.929 bits per heavy atom. The van der Waals surface area contributed by atoms with Crippen molar-refractivity contribution in [3.63, 3.8) is 0 Å². The zero-order chi connectivity index (χ0) is 20.9. The van der Waals surface area contributed by atoms with E-state index in [1.165, 1.54) is 19.9 Å². The van der Waals surface area contributed by atoms with Crippen molar-refractivity contribution < 1.29 is 28.2 Å². The van der Waals surface area contributed by atoms with Gasteiger partial charge in [-0.15, -0.1) is 0 Å². The number of carbonyl (C=O) groups excluding carboxylic acids is 2. The molecule has 2 heterocycles. The molecule has 0 unspecified atom stereocenters. The Morgan fingerprint density at radius 3 is 2.11 bits per heavy atom. The van der Waals surface area contributed by atoms with Gasteiger partial charge < -0.3 is 18.6 Å². The van der Waals surface area contributed by atoms with Crippen molar-refractivity contribution in [3.05, 3.63) is 40.2 Å². The van der Waals surface area contributed by atoms with Crippen LogP contribution in [0.5, 0.6) is 5.75 Å². The molecule has 1 aliphatic heterocycles. The van der Waals surface area contributed by atoms with Gasteiger partial charge in [-0.2, -0.15) is 0 Å². The third-order valence-electron chi connectivity index (χ3n) is 4.90. The molecule has 1 aromatic carbocycles. The maximum absolute atomic E-state index is 11.9. The zero-order valence-electron chi connectivity index (χ0n) is 16.8. The summed E-state index contributed by atoms with van der Waals surface area (Å²) in [6, 6.07) is 6.57. The van der Waals surface area contributed by atoms with E-state index in [2.05, 4.69) is 0 Å². The molecule has 0 radical (unpaired) electrons. The van der Waals surface area contributed by atoms with Crippen molar-refractivity contribution in [2.24, 2.45) is 0 Å². The lowest BCUT2D eigenvalue weighted by Crippen LogP contribution is -2.51. The summed E-state index contributed by atoms with van der Waals surface area (Å²) in [6.07, 6.45) is -0.670. The molecule has 2 aromatic rings. The maximum Gasteiger partial charge on any atom is 0.336 e. The molecule has 7 nitrogen and oxygen atoms in total. The fourth-order valence-corrected chi connectivity index (χ4v) is 4.01. The van der Waals surface area contributed by atoms with Crippen molar-refractivity contribution in [1.82, 2.24) is 0 Å². The molecule has 0 saturated heterocycles. The van der Waals surface area contributed by atoms with Crippen LogP contribution in [0.2, 0.25) is 0 Å². The first-order valence-electron chi connectivity index (χ1n) is 9.05. The van der Waals surface area contributed by atoms with E-state index in [0.29, 0.717) is 16.9 Å². The van der Waals surface area contributed by atoms with Crippen LogP contribution in [0.15, 0.2) is 33.5 Å². The number of ether oxygens (including phenoxy) is 3. The Bertz CT molecular complexity index is 999. The summed E-state index contributed by atoms with van der Waals surface area (Å²) < 4.78 is 22.8. The van der Waals surface area contributed by atoms with E-state index in [1.807, 2.05) is 0 Å². The minimum Gasteiger partial charge on any atom is -0.485 e. The smallest absolute Gasteiger partial charge is 0.336 e. The molecule has 3 rings (SSSR count). The fraction of sp³-hybridized carbons (Fsp3) is 0.476.